The topological polar surface area (TPSA) is 104 Å². The molecule has 11 nitrogen and oxygen atoms in total. The molecule has 0 bridgehead atoms. The lowest BCUT2D eigenvalue weighted by molar-refractivity contribution is 0.0155. The van der Waals surface area contributed by atoms with Crippen LogP contribution in [0.1, 0.15) is 69.0 Å². The molecule has 0 aliphatic carbocycles. The van der Waals surface area contributed by atoms with E-state index in [1.54, 1.807) is 71.8 Å². The Morgan fingerprint density at radius 2 is 1.71 bits per heavy atom. The highest BCUT2D eigenvalue weighted by Crippen LogP contribution is 2.44. The van der Waals surface area contributed by atoms with Gasteiger partial charge in [0.25, 0.3) is 0 Å². The Kier molecular flexibility index (Phi) is 7.39. The number of likely N-dealkylation sites (tertiary alicyclic amines) is 1. The zero-order valence-electron chi connectivity index (χ0n) is 28.3. The maximum Gasteiger partial charge on any atom is 0.410 e. The number of imidazole rings is 1. The number of carbonyl (C=O) groups is 1. The maximum absolute atomic E-state index is 15.8. The summed E-state index contributed by atoms with van der Waals surface area (Å²) in [5.41, 5.74) is 2.36. The number of aromatic nitrogens is 6. The molecule has 1 fully saturated rings. The van der Waals surface area contributed by atoms with E-state index in [1.807, 2.05) is 27.7 Å². The SMILES string of the molecule is Cc1cc(-n2nc3c(c2-n2ccn(-c4ccc5c(cnn5C)c4F)c2=O)[C@H](C)NCC32CCN(C(=O)OC(C)(C)C)CC2)cc(C)c1F. The Morgan fingerprint density at radius 1 is 1.04 bits per heavy atom. The molecule has 48 heavy (non-hydrogen) atoms. The molecule has 3 aromatic heterocycles. The second-order valence-electron chi connectivity index (χ2n) is 14.2. The van der Waals surface area contributed by atoms with Crippen LogP contribution in [-0.2, 0) is 17.2 Å². The monoisotopic (exact) mass is 658 g/mol. The first-order valence-electron chi connectivity index (χ1n) is 16.2. The predicted octanol–water partition coefficient (Wildman–Crippen LogP) is 5.53. The minimum Gasteiger partial charge on any atom is -0.444 e. The Hall–Kier alpha value is -4.78. The molecule has 2 aromatic carbocycles. The number of amides is 1. The second-order valence-corrected chi connectivity index (χ2v) is 14.2. The summed E-state index contributed by atoms with van der Waals surface area (Å²) in [6, 6.07) is 6.55. The van der Waals surface area contributed by atoms with Crippen LogP contribution < -0.4 is 11.0 Å². The number of carbonyl (C=O) groups excluding carboxylic acids is 1. The molecule has 2 aliphatic rings. The van der Waals surface area contributed by atoms with Crippen LogP contribution in [0.5, 0.6) is 0 Å². The van der Waals surface area contributed by atoms with Gasteiger partial charge in [0.15, 0.2) is 5.82 Å². The molecule has 5 heterocycles. The van der Waals surface area contributed by atoms with Crippen LogP contribution in [0, 0.1) is 25.5 Å². The lowest BCUT2D eigenvalue weighted by Crippen LogP contribution is -2.53. The molecule has 252 valence electrons. The van der Waals surface area contributed by atoms with E-state index in [1.165, 1.54) is 15.3 Å². The lowest BCUT2D eigenvalue weighted by Gasteiger charge is -2.44. The van der Waals surface area contributed by atoms with Gasteiger partial charge in [-0.25, -0.2) is 23.1 Å². The van der Waals surface area contributed by atoms with Gasteiger partial charge in [-0.05, 0) is 89.8 Å². The first kappa shape index (κ1) is 31.8. The third kappa shape index (κ3) is 5.02. The van der Waals surface area contributed by atoms with Gasteiger partial charge in [0.05, 0.1) is 34.2 Å². The van der Waals surface area contributed by atoms with E-state index < -0.39 is 22.5 Å². The first-order valence-corrected chi connectivity index (χ1v) is 16.2. The van der Waals surface area contributed by atoms with Crippen LogP contribution in [0.4, 0.5) is 13.6 Å². The predicted molar refractivity (Wildman–Crippen MR) is 177 cm³/mol. The molecule has 1 spiro atoms. The number of nitrogens with zero attached hydrogens (tertiary/aromatic N) is 7. The standard InChI is InChI=1S/C35H40F2N8O3/c1-20-16-23(17-21(2)28(20)36)45-31(44-15-14-43(32(44)46)26-9-8-25-24(29(26)37)18-39-41(25)7)27-22(3)38-19-35(30(27)40-45)10-12-42(13-11-35)33(47)48-34(4,5)6/h8-9,14-18,22,38H,10-13,19H2,1-7H3/t22-/m0/s1. The van der Waals surface area contributed by atoms with Gasteiger partial charge in [-0.2, -0.15) is 10.2 Å². The molecule has 0 saturated carbocycles. The number of aryl methyl sites for hydroxylation is 3. The average molecular weight is 659 g/mol. The Balaban J connectivity index is 1.38. The molecule has 2 aliphatic heterocycles. The molecule has 1 N–H and O–H groups in total. The summed E-state index contributed by atoms with van der Waals surface area (Å²) in [6.45, 7) is 12.6. The number of hydrogen-bond acceptors (Lipinski definition) is 6. The van der Waals surface area contributed by atoms with Crippen LogP contribution in [0.15, 0.2) is 47.7 Å². The highest BCUT2D eigenvalue weighted by Gasteiger charge is 2.47. The largest absolute Gasteiger partial charge is 0.444 e. The molecular formula is C35H40F2N8O3. The number of hydrogen-bond donors (Lipinski definition) is 1. The minimum atomic E-state index is -0.601. The molecule has 13 heteroatoms. The smallest absolute Gasteiger partial charge is 0.410 e. The van der Waals surface area contributed by atoms with Gasteiger partial charge in [-0.15, -0.1) is 0 Å². The van der Waals surface area contributed by atoms with Gasteiger partial charge < -0.3 is 15.0 Å². The molecule has 7 rings (SSSR count). The van der Waals surface area contributed by atoms with E-state index in [-0.39, 0.29) is 23.6 Å². The van der Waals surface area contributed by atoms with E-state index in [0.29, 0.717) is 66.0 Å². The summed E-state index contributed by atoms with van der Waals surface area (Å²) < 4.78 is 42.4. The normalized spacial score (nSPS) is 17.7. The number of benzene rings is 2. The summed E-state index contributed by atoms with van der Waals surface area (Å²) in [5, 5.41) is 13.3. The molecule has 0 radical (unpaired) electrons. The number of rotatable bonds is 3. The van der Waals surface area contributed by atoms with Crippen LogP contribution in [0.25, 0.3) is 28.1 Å². The highest BCUT2D eigenvalue weighted by molar-refractivity contribution is 5.81. The van der Waals surface area contributed by atoms with Crippen molar-refractivity contribution in [2.24, 2.45) is 7.05 Å². The summed E-state index contributed by atoms with van der Waals surface area (Å²) in [4.78, 5) is 28.9. The fourth-order valence-electron chi connectivity index (χ4n) is 7.15. The van der Waals surface area contributed by atoms with Crippen molar-refractivity contribution in [3.05, 3.63) is 87.4 Å². The number of halogens is 2. The summed E-state index contributed by atoms with van der Waals surface area (Å²) in [5.74, 6) is -0.356. The van der Waals surface area contributed by atoms with Gasteiger partial charge in [0, 0.05) is 56.1 Å². The third-order valence-corrected chi connectivity index (χ3v) is 9.73. The van der Waals surface area contributed by atoms with Crippen LogP contribution in [0.3, 0.4) is 0 Å². The van der Waals surface area contributed by atoms with Crippen molar-refractivity contribution in [2.45, 2.75) is 71.4 Å². The Bertz CT molecular complexity index is 2120. The molecular weight excluding hydrogens is 618 g/mol. The van der Waals surface area contributed by atoms with Crippen molar-refractivity contribution >= 4 is 17.0 Å². The zero-order valence-corrected chi connectivity index (χ0v) is 28.3. The molecule has 1 atom stereocenters. The van der Waals surface area contributed by atoms with Gasteiger partial charge in [0.2, 0.25) is 0 Å². The minimum absolute atomic E-state index is 0.102. The van der Waals surface area contributed by atoms with Crippen molar-refractivity contribution in [3.8, 4) is 17.2 Å². The Morgan fingerprint density at radius 3 is 2.38 bits per heavy atom. The van der Waals surface area contributed by atoms with Crippen molar-refractivity contribution in [2.75, 3.05) is 19.6 Å². The number of fused-ring (bicyclic) bond motifs is 3. The maximum atomic E-state index is 15.8. The first-order chi connectivity index (χ1) is 22.7. The molecule has 0 unspecified atom stereocenters. The third-order valence-electron chi connectivity index (χ3n) is 9.73. The van der Waals surface area contributed by atoms with Crippen LogP contribution in [-0.4, -0.2) is 64.9 Å². The number of nitrogens with one attached hydrogen (secondary N) is 1. The summed E-state index contributed by atoms with van der Waals surface area (Å²) in [6.07, 6.45) is 5.52. The summed E-state index contributed by atoms with van der Waals surface area (Å²) >= 11 is 0. The van der Waals surface area contributed by atoms with E-state index in [2.05, 4.69) is 10.4 Å². The van der Waals surface area contributed by atoms with Gasteiger partial charge in [-0.3, -0.25) is 13.8 Å². The quantitative estimate of drug-likeness (QED) is 0.274. The second kappa shape index (κ2) is 11.1. The molecule has 1 amide bonds. The van der Waals surface area contributed by atoms with Gasteiger partial charge in [-0.1, -0.05) is 0 Å². The Labute approximate surface area is 276 Å². The van der Waals surface area contributed by atoms with Crippen LogP contribution >= 0.6 is 0 Å². The van der Waals surface area contributed by atoms with E-state index in [4.69, 9.17) is 9.84 Å². The van der Waals surface area contributed by atoms with E-state index >= 15 is 4.39 Å². The fraction of sp³-hybridized carbons (Fsp3) is 0.429. The van der Waals surface area contributed by atoms with Crippen molar-refractivity contribution in [1.82, 2.24) is 38.9 Å². The fourth-order valence-corrected chi connectivity index (χ4v) is 7.15. The van der Waals surface area contributed by atoms with Gasteiger partial charge in [0.1, 0.15) is 17.2 Å². The number of piperidine rings is 1. The van der Waals surface area contributed by atoms with E-state index in [9.17, 15) is 14.0 Å². The lowest BCUT2D eigenvalue weighted by atomic mass is 9.71. The van der Waals surface area contributed by atoms with Crippen LogP contribution in [0.2, 0.25) is 0 Å². The molecule has 5 aromatic rings. The molecule has 1 saturated heterocycles. The van der Waals surface area contributed by atoms with Crippen molar-refractivity contribution in [3.63, 3.8) is 0 Å². The highest BCUT2D eigenvalue weighted by atomic mass is 19.1. The summed E-state index contributed by atoms with van der Waals surface area (Å²) in [7, 11) is 1.73. The van der Waals surface area contributed by atoms with E-state index in [0.717, 1.165) is 11.3 Å². The van der Waals surface area contributed by atoms with Gasteiger partial charge >= 0.3 is 11.8 Å². The van der Waals surface area contributed by atoms with Crippen molar-refractivity contribution < 1.29 is 18.3 Å². The number of ether oxygens (including phenoxy) is 1. The zero-order chi connectivity index (χ0) is 34.3. The van der Waals surface area contributed by atoms with Crippen molar-refractivity contribution in [1.29, 1.82) is 0 Å². The average Bonchev–Trinajstić information content (AvgIpc) is 3.73.